The van der Waals surface area contributed by atoms with Crippen molar-refractivity contribution in [1.82, 2.24) is 0 Å². The van der Waals surface area contributed by atoms with Crippen molar-refractivity contribution in [3.63, 3.8) is 0 Å². The number of esters is 3. The summed E-state index contributed by atoms with van der Waals surface area (Å²) in [6.07, 6.45) is -5.60. The minimum absolute atomic E-state index is 0.611. The summed E-state index contributed by atoms with van der Waals surface area (Å²) in [5.41, 5.74) is 0. The summed E-state index contributed by atoms with van der Waals surface area (Å²) in [7, 11) is 0. The molecular weight excluding hydrogens is 272 g/mol. The zero-order chi connectivity index (χ0) is 15.4. The van der Waals surface area contributed by atoms with E-state index in [-0.39, 0.29) is 0 Å². The lowest BCUT2D eigenvalue weighted by Gasteiger charge is -2.41. The second-order valence-corrected chi connectivity index (χ2v) is 4.45. The Morgan fingerprint density at radius 1 is 0.850 bits per heavy atom. The molecule has 1 N–H and O–H groups in total. The molecule has 0 bridgehead atoms. The molecule has 1 saturated heterocycles. The molecule has 0 aliphatic carbocycles. The quantitative estimate of drug-likeness (QED) is 0.548. The van der Waals surface area contributed by atoms with Crippen molar-refractivity contribution >= 4 is 17.9 Å². The fourth-order valence-corrected chi connectivity index (χ4v) is 1.99. The average Bonchev–Trinajstić information content (AvgIpc) is 2.27. The predicted molar refractivity (Wildman–Crippen MR) is 63.2 cm³/mol. The van der Waals surface area contributed by atoms with E-state index in [9.17, 15) is 19.5 Å². The van der Waals surface area contributed by atoms with Crippen molar-refractivity contribution in [3.8, 4) is 0 Å². The van der Waals surface area contributed by atoms with E-state index >= 15 is 0 Å². The second kappa shape index (κ2) is 6.67. The lowest BCUT2D eigenvalue weighted by molar-refractivity contribution is -0.288. The van der Waals surface area contributed by atoms with Crippen LogP contribution in [0.5, 0.6) is 0 Å². The first kappa shape index (κ1) is 16.4. The molecule has 8 nitrogen and oxygen atoms in total. The Balaban J connectivity index is 3.01. The third kappa shape index (κ3) is 4.17. The maximum Gasteiger partial charge on any atom is 0.303 e. The molecule has 0 aromatic rings. The van der Waals surface area contributed by atoms with Gasteiger partial charge in [0.2, 0.25) is 0 Å². The molecule has 0 unspecified atom stereocenters. The number of hydrogen-bond donors (Lipinski definition) is 1. The molecule has 1 aliphatic heterocycles. The largest absolute Gasteiger partial charge is 0.456 e. The number of aliphatic hydroxyl groups excluding tert-OH is 1. The highest BCUT2D eigenvalue weighted by Gasteiger charge is 2.49. The van der Waals surface area contributed by atoms with Crippen molar-refractivity contribution in [2.24, 2.45) is 0 Å². The fourth-order valence-electron chi connectivity index (χ4n) is 1.99. The fraction of sp³-hybridized carbons (Fsp3) is 0.750. The van der Waals surface area contributed by atoms with E-state index in [0.717, 1.165) is 13.8 Å². The third-order valence-electron chi connectivity index (χ3n) is 2.65. The molecule has 5 atom stereocenters. The lowest BCUT2D eigenvalue weighted by atomic mass is 9.99. The van der Waals surface area contributed by atoms with Crippen molar-refractivity contribution < 1.29 is 38.4 Å². The van der Waals surface area contributed by atoms with E-state index in [4.69, 9.17) is 18.9 Å². The van der Waals surface area contributed by atoms with Crippen LogP contribution in [0, 0.1) is 0 Å². The van der Waals surface area contributed by atoms with Gasteiger partial charge < -0.3 is 24.1 Å². The topological polar surface area (TPSA) is 108 Å². The van der Waals surface area contributed by atoms with Crippen LogP contribution >= 0.6 is 0 Å². The summed E-state index contributed by atoms with van der Waals surface area (Å²) in [5.74, 6) is -1.96. The Bertz CT molecular complexity index is 365. The van der Waals surface area contributed by atoms with E-state index in [2.05, 4.69) is 0 Å². The van der Waals surface area contributed by atoms with Gasteiger partial charge in [0, 0.05) is 20.8 Å². The van der Waals surface area contributed by atoms with Crippen LogP contribution in [0.2, 0.25) is 0 Å². The Morgan fingerprint density at radius 2 is 1.25 bits per heavy atom. The van der Waals surface area contributed by atoms with Gasteiger partial charge in [-0.25, -0.2) is 0 Å². The van der Waals surface area contributed by atoms with Gasteiger partial charge in [-0.15, -0.1) is 0 Å². The standard InChI is InChI=1S/C12H18O8/c1-5-9(18-6(2)13)10(19-7(3)14)11(12(16)17-5)20-8(4)15/h5,9-12,16H,1-4H3/t5-,9+,10+,11-,12+/m0/s1. The van der Waals surface area contributed by atoms with Crippen LogP contribution in [-0.4, -0.2) is 53.7 Å². The summed E-state index contributed by atoms with van der Waals surface area (Å²) >= 11 is 0. The molecule has 1 heterocycles. The van der Waals surface area contributed by atoms with Crippen molar-refractivity contribution in [3.05, 3.63) is 0 Å². The Hall–Kier alpha value is -1.67. The van der Waals surface area contributed by atoms with Gasteiger partial charge >= 0.3 is 17.9 Å². The minimum atomic E-state index is -1.48. The van der Waals surface area contributed by atoms with Crippen LogP contribution in [0.15, 0.2) is 0 Å². The molecule has 0 spiro atoms. The van der Waals surface area contributed by atoms with E-state index in [1.54, 1.807) is 0 Å². The highest BCUT2D eigenvalue weighted by Crippen LogP contribution is 2.27. The van der Waals surface area contributed by atoms with Crippen molar-refractivity contribution in [1.29, 1.82) is 0 Å². The number of carbonyl (C=O) groups is 3. The zero-order valence-electron chi connectivity index (χ0n) is 11.7. The minimum Gasteiger partial charge on any atom is -0.456 e. The molecule has 1 fully saturated rings. The summed E-state index contributed by atoms with van der Waals surface area (Å²) in [6.45, 7) is 5.01. The highest BCUT2D eigenvalue weighted by molar-refractivity contribution is 5.68. The molecule has 1 rings (SSSR count). The van der Waals surface area contributed by atoms with Gasteiger partial charge in [-0.1, -0.05) is 0 Å². The van der Waals surface area contributed by atoms with E-state index in [1.807, 2.05) is 0 Å². The first-order valence-corrected chi connectivity index (χ1v) is 6.07. The monoisotopic (exact) mass is 290 g/mol. The number of aliphatic hydroxyl groups is 1. The molecule has 0 aromatic carbocycles. The molecule has 20 heavy (non-hydrogen) atoms. The molecule has 1 aliphatic rings. The summed E-state index contributed by atoms with van der Waals surface area (Å²) < 4.78 is 20.1. The highest BCUT2D eigenvalue weighted by atomic mass is 16.7. The van der Waals surface area contributed by atoms with E-state index in [0.29, 0.717) is 0 Å². The average molecular weight is 290 g/mol. The van der Waals surface area contributed by atoms with Gasteiger partial charge in [-0.2, -0.15) is 0 Å². The number of rotatable bonds is 3. The van der Waals surface area contributed by atoms with Crippen LogP contribution in [0.3, 0.4) is 0 Å². The van der Waals surface area contributed by atoms with Crippen molar-refractivity contribution in [2.75, 3.05) is 0 Å². The van der Waals surface area contributed by atoms with Gasteiger partial charge in [0.05, 0.1) is 6.10 Å². The Labute approximate surface area is 115 Å². The maximum absolute atomic E-state index is 11.2. The van der Waals surface area contributed by atoms with Gasteiger partial charge in [-0.05, 0) is 6.92 Å². The number of carbonyl (C=O) groups excluding carboxylic acids is 3. The van der Waals surface area contributed by atoms with Crippen LogP contribution in [0.1, 0.15) is 27.7 Å². The van der Waals surface area contributed by atoms with Gasteiger partial charge in [-0.3, -0.25) is 14.4 Å². The summed E-state index contributed by atoms with van der Waals surface area (Å²) in [5, 5.41) is 9.79. The molecule has 0 aromatic heterocycles. The number of hydrogen-bond acceptors (Lipinski definition) is 8. The first-order chi connectivity index (χ1) is 9.22. The van der Waals surface area contributed by atoms with Crippen LogP contribution < -0.4 is 0 Å². The third-order valence-corrected chi connectivity index (χ3v) is 2.65. The molecule has 0 amide bonds. The lowest BCUT2D eigenvalue weighted by Crippen LogP contribution is -2.60. The maximum atomic E-state index is 11.2. The molecule has 0 saturated carbocycles. The predicted octanol–water partition coefficient (Wildman–Crippen LogP) is -0.481. The van der Waals surface area contributed by atoms with Crippen LogP contribution in [0.4, 0.5) is 0 Å². The molecule has 0 radical (unpaired) electrons. The van der Waals surface area contributed by atoms with E-state index in [1.165, 1.54) is 13.8 Å². The van der Waals surface area contributed by atoms with Gasteiger partial charge in [0.1, 0.15) is 0 Å². The smallest absolute Gasteiger partial charge is 0.303 e. The molecule has 8 heteroatoms. The number of ether oxygens (including phenoxy) is 4. The Kier molecular flexibility index (Phi) is 5.46. The van der Waals surface area contributed by atoms with E-state index < -0.39 is 48.6 Å². The first-order valence-electron chi connectivity index (χ1n) is 6.07. The normalized spacial score (nSPS) is 33.1. The summed E-state index contributed by atoms with van der Waals surface area (Å²) in [6, 6.07) is 0. The molecular formula is C12H18O8. The Morgan fingerprint density at radius 3 is 1.70 bits per heavy atom. The van der Waals surface area contributed by atoms with Gasteiger partial charge in [0.15, 0.2) is 24.6 Å². The second-order valence-electron chi connectivity index (χ2n) is 4.45. The zero-order valence-corrected chi connectivity index (χ0v) is 11.7. The van der Waals surface area contributed by atoms with Gasteiger partial charge in [0.25, 0.3) is 0 Å². The summed E-state index contributed by atoms with van der Waals surface area (Å²) in [4.78, 5) is 33.3. The van der Waals surface area contributed by atoms with Crippen LogP contribution in [-0.2, 0) is 33.3 Å². The molecule has 114 valence electrons. The van der Waals surface area contributed by atoms with Crippen molar-refractivity contribution in [2.45, 2.75) is 58.4 Å². The SMILES string of the molecule is CC(=O)O[C@@H]1[C@H](OC(C)=O)[C@H](C)O[C@@H](O)[C@H]1OC(C)=O. The van der Waals surface area contributed by atoms with Crippen LogP contribution in [0.25, 0.3) is 0 Å².